The summed E-state index contributed by atoms with van der Waals surface area (Å²) in [7, 11) is 0. The Labute approximate surface area is 116 Å². The summed E-state index contributed by atoms with van der Waals surface area (Å²) in [6, 6.07) is 8.61. The molecule has 0 saturated heterocycles. The van der Waals surface area contributed by atoms with Crippen LogP contribution in [0.3, 0.4) is 0 Å². The number of carbonyl (C=O) groups excluding carboxylic acids is 2. The first kappa shape index (κ1) is 13.7. The molecule has 1 heterocycles. The van der Waals surface area contributed by atoms with Crippen molar-refractivity contribution in [1.82, 2.24) is 4.90 Å². The summed E-state index contributed by atoms with van der Waals surface area (Å²) in [5, 5.41) is 0. The maximum atomic E-state index is 12.2. The van der Waals surface area contributed by atoms with Crippen LogP contribution in [-0.2, 0) is 11.3 Å². The molecular weight excluding hydrogens is 258 g/mol. The van der Waals surface area contributed by atoms with Crippen LogP contribution in [0.15, 0.2) is 47.3 Å². The van der Waals surface area contributed by atoms with E-state index in [-0.39, 0.29) is 19.0 Å². The molecule has 20 heavy (non-hydrogen) atoms. The molecule has 0 atom stereocenters. The number of carbonyl (C=O) groups is 2. The van der Waals surface area contributed by atoms with Crippen molar-refractivity contribution in [3.63, 3.8) is 0 Å². The molecule has 0 spiro atoms. The Kier molecular flexibility index (Phi) is 4.05. The Morgan fingerprint density at radius 3 is 2.40 bits per heavy atom. The third-order valence-corrected chi connectivity index (χ3v) is 2.76. The Bertz CT molecular complexity index is 591. The van der Waals surface area contributed by atoms with Crippen LogP contribution in [-0.4, -0.2) is 23.3 Å². The van der Waals surface area contributed by atoms with Crippen LogP contribution in [0.25, 0.3) is 0 Å². The van der Waals surface area contributed by atoms with E-state index >= 15 is 0 Å². The number of hydrogen-bond acceptors (Lipinski definition) is 4. The fraction of sp³-hybridized carbons (Fsp3) is 0.143. The van der Waals surface area contributed by atoms with Crippen LogP contribution < -0.4 is 11.5 Å². The minimum atomic E-state index is -0.572. The highest BCUT2D eigenvalue weighted by Gasteiger charge is 2.18. The maximum absolute atomic E-state index is 12.2. The second kappa shape index (κ2) is 5.92. The molecule has 4 N–H and O–H groups in total. The first-order valence-corrected chi connectivity index (χ1v) is 6.00. The third kappa shape index (κ3) is 3.38. The molecule has 6 heteroatoms. The van der Waals surface area contributed by atoms with Crippen LogP contribution >= 0.6 is 0 Å². The van der Waals surface area contributed by atoms with Gasteiger partial charge in [-0.15, -0.1) is 0 Å². The van der Waals surface area contributed by atoms with Crippen LogP contribution in [0, 0.1) is 0 Å². The fourth-order valence-corrected chi connectivity index (χ4v) is 1.80. The van der Waals surface area contributed by atoms with Gasteiger partial charge in [0.25, 0.3) is 5.91 Å². The molecule has 0 aliphatic carbocycles. The molecular formula is C14H15N3O3. The highest BCUT2D eigenvalue weighted by atomic mass is 16.3. The average Bonchev–Trinajstić information content (AvgIpc) is 2.93. The number of anilines is 1. The number of rotatable bonds is 5. The lowest BCUT2D eigenvalue weighted by molar-refractivity contribution is -0.118. The summed E-state index contributed by atoms with van der Waals surface area (Å²) in [6.07, 6.45) is 2.73. The summed E-state index contributed by atoms with van der Waals surface area (Å²) in [6.45, 7) is 0.113. The van der Waals surface area contributed by atoms with Gasteiger partial charge in [-0.25, -0.2) is 0 Å². The van der Waals surface area contributed by atoms with Gasteiger partial charge < -0.3 is 20.8 Å². The van der Waals surface area contributed by atoms with Gasteiger partial charge in [-0.05, 0) is 23.8 Å². The first-order valence-electron chi connectivity index (χ1n) is 6.00. The van der Waals surface area contributed by atoms with Gasteiger partial charge in [-0.1, -0.05) is 12.1 Å². The number of nitrogen functional groups attached to an aromatic ring is 1. The number of nitrogens with two attached hydrogens (primary N) is 2. The van der Waals surface area contributed by atoms with Crippen LogP contribution in [0.1, 0.15) is 15.9 Å². The van der Waals surface area contributed by atoms with Crippen LogP contribution in [0.4, 0.5) is 5.69 Å². The second-order valence-corrected chi connectivity index (χ2v) is 4.38. The smallest absolute Gasteiger partial charge is 0.257 e. The molecule has 0 radical (unpaired) electrons. The van der Waals surface area contributed by atoms with Crippen LogP contribution in [0.5, 0.6) is 0 Å². The highest BCUT2D eigenvalue weighted by Crippen LogP contribution is 2.12. The Morgan fingerprint density at radius 2 is 1.85 bits per heavy atom. The van der Waals surface area contributed by atoms with E-state index in [0.29, 0.717) is 11.3 Å². The number of nitrogens with zero attached hydrogens (tertiary/aromatic N) is 1. The van der Waals surface area contributed by atoms with Gasteiger partial charge in [0.05, 0.1) is 18.4 Å². The molecule has 0 unspecified atom stereocenters. The van der Waals surface area contributed by atoms with E-state index in [9.17, 15) is 9.59 Å². The molecule has 0 aliphatic rings. The van der Waals surface area contributed by atoms with E-state index in [1.807, 2.05) is 0 Å². The second-order valence-electron chi connectivity index (χ2n) is 4.38. The Balaban J connectivity index is 2.17. The van der Waals surface area contributed by atoms with Crippen molar-refractivity contribution in [3.05, 3.63) is 54.0 Å². The minimum Gasteiger partial charge on any atom is -0.472 e. The van der Waals surface area contributed by atoms with Crippen LogP contribution in [0.2, 0.25) is 0 Å². The molecule has 0 aliphatic heterocycles. The molecule has 0 saturated carbocycles. The lowest BCUT2D eigenvalue weighted by atomic mass is 10.2. The zero-order chi connectivity index (χ0) is 14.5. The minimum absolute atomic E-state index is 0.158. The van der Waals surface area contributed by atoms with Crippen molar-refractivity contribution in [2.45, 2.75) is 6.54 Å². The summed E-state index contributed by atoms with van der Waals surface area (Å²) in [5.41, 5.74) is 12.7. The summed E-state index contributed by atoms with van der Waals surface area (Å²) in [5.74, 6) is -0.883. The largest absolute Gasteiger partial charge is 0.472 e. The standard InChI is InChI=1S/C14H15N3O3/c15-12-3-1-10(2-4-12)7-17(8-13(16)18)14(19)11-5-6-20-9-11/h1-6,9H,7-8,15H2,(H2,16,18). The monoisotopic (exact) mass is 273 g/mol. The number of amides is 2. The van der Waals surface area contributed by atoms with Gasteiger partial charge in [0, 0.05) is 12.2 Å². The SMILES string of the molecule is NC(=O)CN(Cc1ccc(N)cc1)C(=O)c1ccoc1. The lowest BCUT2D eigenvalue weighted by Gasteiger charge is -2.20. The van der Waals surface area contributed by atoms with E-state index in [0.717, 1.165) is 5.56 Å². The van der Waals surface area contributed by atoms with E-state index < -0.39 is 5.91 Å². The molecule has 0 bridgehead atoms. The first-order chi connectivity index (χ1) is 9.56. The van der Waals surface area contributed by atoms with E-state index in [1.165, 1.54) is 17.4 Å². The molecule has 1 aromatic carbocycles. The van der Waals surface area contributed by atoms with Gasteiger partial charge in [-0.2, -0.15) is 0 Å². The summed E-state index contributed by atoms with van der Waals surface area (Å²) >= 11 is 0. The summed E-state index contributed by atoms with van der Waals surface area (Å²) in [4.78, 5) is 24.7. The number of furan rings is 1. The number of primary amides is 1. The number of benzene rings is 1. The van der Waals surface area contributed by atoms with Crippen molar-refractivity contribution in [3.8, 4) is 0 Å². The fourth-order valence-electron chi connectivity index (χ4n) is 1.80. The average molecular weight is 273 g/mol. The van der Waals surface area contributed by atoms with Gasteiger partial charge in [0.1, 0.15) is 6.26 Å². The topological polar surface area (TPSA) is 103 Å². The molecule has 2 rings (SSSR count). The quantitative estimate of drug-likeness (QED) is 0.793. The summed E-state index contributed by atoms with van der Waals surface area (Å²) < 4.78 is 4.88. The van der Waals surface area contributed by atoms with Crippen molar-refractivity contribution in [2.24, 2.45) is 5.73 Å². The van der Waals surface area contributed by atoms with Crippen molar-refractivity contribution < 1.29 is 14.0 Å². The van der Waals surface area contributed by atoms with Crippen molar-refractivity contribution >= 4 is 17.5 Å². The number of hydrogen-bond donors (Lipinski definition) is 2. The van der Waals surface area contributed by atoms with Crippen molar-refractivity contribution in [1.29, 1.82) is 0 Å². The van der Waals surface area contributed by atoms with Crippen molar-refractivity contribution in [2.75, 3.05) is 12.3 Å². The molecule has 6 nitrogen and oxygen atoms in total. The molecule has 2 amide bonds. The normalized spacial score (nSPS) is 10.2. The van der Waals surface area contributed by atoms with Gasteiger partial charge in [-0.3, -0.25) is 9.59 Å². The van der Waals surface area contributed by atoms with E-state index in [4.69, 9.17) is 15.9 Å². The van der Waals surface area contributed by atoms with Gasteiger partial charge >= 0.3 is 0 Å². The Morgan fingerprint density at radius 1 is 1.15 bits per heavy atom. The molecule has 2 aromatic rings. The van der Waals surface area contributed by atoms with E-state index in [2.05, 4.69) is 0 Å². The highest BCUT2D eigenvalue weighted by molar-refractivity contribution is 5.95. The molecule has 104 valence electrons. The predicted molar refractivity (Wildman–Crippen MR) is 73.5 cm³/mol. The zero-order valence-electron chi connectivity index (χ0n) is 10.8. The lowest BCUT2D eigenvalue weighted by Crippen LogP contribution is -2.37. The molecule has 0 fully saturated rings. The zero-order valence-corrected chi connectivity index (χ0v) is 10.8. The maximum Gasteiger partial charge on any atom is 0.257 e. The van der Waals surface area contributed by atoms with Gasteiger partial charge in [0.2, 0.25) is 5.91 Å². The third-order valence-electron chi connectivity index (χ3n) is 2.76. The molecule has 1 aromatic heterocycles. The Hall–Kier alpha value is -2.76. The predicted octanol–water partition coefficient (Wildman–Crippen LogP) is 0.989. The van der Waals surface area contributed by atoms with Gasteiger partial charge in [0.15, 0.2) is 0 Å². The van der Waals surface area contributed by atoms with E-state index in [1.54, 1.807) is 30.3 Å².